The maximum Gasteiger partial charge on any atom is 0.123 e. The number of nitrogens with one attached hydrogen (secondary N) is 1. The van der Waals surface area contributed by atoms with Crippen LogP contribution in [0.25, 0.3) is 21.9 Å². The molecule has 1 unspecified atom stereocenters. The van der Waals surface area contributed by atoms with E-state index in [1.807, 2.05) is 24.4 Å². The van der Waals surface area contributed by atoms with Crippen molar-refractivity contribution in [3.05, 3.63) is 70.9 Å². The van der Waals surface area contributed by atoms with Gasteiger partial charge < -0.3 is 4.98 Å². The summed E-state index contributed by atoms with van der Waals surface area (Å²) >= 11 is 6.14. The summed E-state index contributed by atoms with van der Waals surface area (Å²) in [6, 6.07) is 12.8. The first kappa shape index (κ1) is 19.5. The summed E-state index contributed by atoms with van der Waals surface area (Å²) in [6.07, 6.45) is 7.45. The smallest absolute Gasteiger partial charge is 0.123 e. The lowest BCUT2D eigenvalue weighted by molar-refractivity contribution is 0.272. The van der Waals surface area contributed by atoms with Gasteiger partial charge in [-0.3, -0.25) is 4.98 Å². The van der Waals surface area contributed by atoms with Crippen molar-refractivity contribution in [1.29, 1.82) is 0 Å². The standard InChI is InChI=1S/C25H25ClFN3/c1-2-19(25-29-23-9-7-17(26)13-24(23)30-25)15-3-5-16(6-4-15)20-11-12-28-22-10-8-18(27)14-21(20)22/h7-16,19H,2-6H2,1H3,(H,29,30). The largest absolute Gasteiger partial charge is 0.342 e. The van der Waals surface area contributed by atoms with Crippen molar-refractivity contribution >= 4 is 33.5 Å². The number of hydrogen-bond acceptors (Lipinski definition) is 2. The van der Waals surface area contributed by atoms with Crippen LogP contribution in [0.1, 0.15) is 62.3 Å². The number of hydrogen-bond donors (Lipinski definition) is 1. The van der Waals surface area contributed by atoms with Gasteiger partial charge in [-0.15, -0.1) is 0 Å². The molecule has 2 aromatic carbocycles. The zero-order chi connectivity index (χ0) is 20.7. The highest BCUT2D eigenvalue weighted by atomic mass is 35.5. The number of imidazole rings is 1. The molecule has 1 fully saturated rings. The van der Waals surface area contributed by atoms with Gasteiger partial charge in [0.05, 0.1) is 16.6 Å². The molecule has 1 saturated carbocycles. The molecule has 0 amide bonds. The molecule has 1 atom stereocenters. The average molecular weight is 422 g/mol. The van der Waals surface area contributed by atoms with E-state index >= 15 is 0 Å². The van der Waals surface area contributed by atoms with Crippen LogP contribution in [0.15, 0.2) is 48.7 Å². The normalized spacial score (nSPS) is 20.6. The maximum atomic E-state index is 13.9. The number of halogens is 2. The van der Waals surface area contributed by atoms with Crippen LogP contribution in [0, 0.1) is 11.7 Å². The summed E-state index contributed by atoms with van der Waals surface area (Å²) in [6.45, 7) is 2.25. The molecule has 0 aliphatic heterocycles. The number of benzene rings is 2. The van der Waals surface area contributed by atoms with Crippen molar-refractivity contribution < 1.29 is 4.39 Å². The Kier molecular flexibility index (Phi) is 5.20. The third kappa shape index (κ3) is 3.58. The van der Waals surface area contributed by atoms with Crippen LogP contribution in [0.2, 0.25) is 5.02 Å². The topological polar surface area (TPSA) is 41.6 Å². The summed E-state index contributed by atoms with van der Waals surface area (Å²) in [5.74, 6) is 2.37. The van der Waals surface area contributed by atoms with E-state index < -0.39 is 0 Å². The van der Waals surface area contributed by atoms with Crippen LogP contribution in [0.3, 0.4) is 0 Å². The number of aromatic nitrogens is 3. The quantitative estimate of drug-likeness (QED) is 0.373. The molecule has 0 saturated heterocycles. The molecular weight excluding hydrogens is 397 g/mol. The highest BCUT2D eigenvalue weighted by Crippen LogP contribution is 2.44. The van der Waals surface area contributed by atoms with E-state index in [4.69, 9.17) is 16.6 Å². The van der Waals surface area contributed by atoms with E-state index in [2.05, 4.69) is 23.0 Å². The minimum absolute atomic E-state index is 0.193. The van der Waals surface area contributed by atoms with Gasteiger partial charge in [-0.05, 0) is 92.0 Å². The molecule has 5 heteroatoms. The Hall–Kier alpha value is -2.46. The Morgan fingerprint density at radius 2 is 1.87 bits per heavy atom. The molecule has 2 heterocycles. The minimum Gasteiger partial charge on any atom is -0.342 e. The van der Waals surface area contributed by atoms with Gasteiger partial charge in [0, 0.05) is 22.5 Å². The Labute approximate surface area is 180 Å². The van der Waals surface area contributed by atoms with E-state index in [0.717, 1.165) is 64.9 Å². The zero-order valence-corrected chi connectivity index (χ0v) is 17.8. The molecule has 0 spiro atoms. The number of rotatable bonds is 4. The van der Waals surface area contributed by atoms with Crippen molar-refractivity contribution in [1.82, 2.24) is 15.0 Å². The predicted octanol–water partition coefficient (Wildman–Crippen LogP) is 7.37. The van der Waals surface area contributed by atoms with Gasteiger partial charge >= 0.3 is 0 Å². The number of pyridine rings is 1. The Morgan fingerprint density at radius 1 is 1.07 bits per heavy atom. The maximum absolute atomic E-state index is 13.9. The summed E-state index contributed by atoms with van der Waals surface area (Å²) in [5, 5.41) is 1.69. The van der Waals surface area contributed by atoms with Crippen molar-refractivity contribution in [3.8, 4) is 0 Å². The number of nitrogens with zero attached hydrogens (tertiary/aromatic N) is 2. The molecule has 4 aromatic rings. The summed E-state index contributed by atoms with van der Waals surface area (Å²) in [4.78, 5) is 12.8. The van der Waals surface area contributed by atoms with Crippen molar-refractivity contribution in [2.75, 3.05) is 0 Å². The van der Waals surface area contributed by atoms with Gasteiger partial charge in [0.2, 0.25) is 0 Å². The average Bonchev–Trinajstić information content (AvgIpc) is 3.17. The minimum atomic E-state index is -0.193. The highest BCUT2D eigenvalue weighted by molar-refractivity contribution is 6.31. The van der Waals surface area contributed by atoms with Gasteiger partial charge in [0.1, 0.15) is 11.6 Å². The lowest BCUT2D eigenvalue weighted by Crippen LogP contribution is -2.20. The Morgan fingerprint density at radius 3 is 2.67 bits per heavy atom. The third-order valence-electron chi connectivity index (χ3n) is 6.77. The van der Waals surface area contributed by atoms with Crippen molar-refractivity contribution in [2.45, 2.75) is 50.9 Å². The zero-order valence-electron chi connectivity index (χ0n) is 17.0. The van der Waals surface area contributed by atoms with Crippen LogP contribution in [-0.2, 0) is 0 Å². The van der Waals surface area contributed by atoms with Gasteiger partial charge in [-0.2, -0.15) is 0 Å². The van der Waals surface area contributed by atoms with Crippen molar-refractivity contribution in [2.24, 2.45) is 5.92 Å². The molecule has 3 nitrogen and oxygen atoms in total. The first-order valence-corrected chi connectivity index (χ1v) is 11.2. The van der Waals surface area contributed by atoms with E-state index in [1.54, 1.807) is 12.1 Å². The second kappa shape index (κ2) is 7.99. The fraction of sp³-hybridized carbons (Fsp3) is 0.360. The molecular formula is C25H25ClFN3. The molecule has 5 rings (SSSR count). The lowest BCUT2D eigenvalue weighted by Gasteiger charge is -2.33. The molecule has 1 aliphatic carbocycles. The molecule has 0 radical (unpaired) electrons. The van der Waals surface area contributed by atoms with E-state index in [9.17, 15) is 4.39 Å². The van der Waals surface area contributed by atoms with Gasteiger partial charge in [-0.1, -0.05) is 18.5 Å². The van der Waals surface area contributed by atoms with E-state index in [0.29, 0.717) is 17.8 Å². The molecule has 1 N–H and O–H groups in total. The van der Waals surface area contributed by atoms with Crippen LogP contribution in [-0.4, -0.2) is 15.0 Å². The molecule has 0 bridgehead atoms. The molecule has 1 aliphatic rings. The summed E-state index contributed by atoms with van der Waals surface area (Å²) in [5.41, 5.74) is 4.11. The second-order valence-electron chi connectivity index (χ2n) is 8.47. The molecule has 154 valence electrons. The number of fused-ring (bicyclic) bond motifs is 2. The number of H-pyrrole nitrogens is 1. The van der Waals surface area contributed by atoms with Crippen LogP contribution < -0.4 is 0 Å². The van der Waals surface area contributed by atoms with Crippen LogP contribution in [0.4, 0.5) is 4.39 Å². The highest BCUT2D eigenvalue weighted by Gasteiger charge is 2.30. The predicted molar refractivity (Wildman–Crippen MR) is 121 cm³/mol. The van der Waals surface area contributed by atoms with E-state index in [1.165, 1.54) is 11.6 Å². The van der Waals surface area contributed by atoms with E-state index in [-0.39, 0.29) is 5.82 Å². The van der Waals surface area contributed by atoms with Crippen LogP contribution in [0.5, 0.6) is 0 Å². The van der Waals surface area contributed by atoms with Gasteiger partial charge in [0.25, 0.3) is 0 Å². The Balaban J connectivity index is 1.36. The van der Waals surface area contributed by atoms with Crippen LogP contribution >= 0.6 is 11.6 Å². The first-order chi connectivity index (χ1) is 14.6. The summed E-state index contributed by atoms with van der Waals surface area (Å²) < 4.78 is 13.9. The second-order valence-corrected chi connectivity index (χ2v) is 8.91. The summed E-state index contributed by atoms with van der Waals surface area (Å²) in [7, 11) is 0. The van der Waals surface area contributed by atoms with Gasteiger partial charge in [-0.25, -0.2) is 9.37 Å². The first-order valence-electron chi connectivity index (χ1n) is 10.8. The lowest BCUT2D eigenvalue weighted by atomic mass is 9.72. The Bertz CT molecular complexity index is 1190. The van der Waals surface area contributed by atoms with Crippen molar-refractivity contribution in [3.63, 3.8) is 0 Å². The monoisotopic (exact) mass is 421 g/mol. The molecule has 2 aromatic heterocycles. The number of aromatic amines is 1. The SMILES string of the molecule is CCC(c1nc2ccc(Cl)cc2[nH]1)C1CCC(c2ccnc3ccc(F)cc23)CC1. The fourth-order valence-electron chi connectivity index (χ4n) is 5.26. The fourth-order valence-corrected chi connectivity index (χ4v) is 5.43. The molecule has 30 heavy (non-hydrogen) atoms. The van der Waals surface area contributed by atoms with Gasteiger partial charge in [0.15, 0.2) is 0 Å². The third-order valence-corrected chi connectivity index (χ3v) is 7.01.